The number of urea groups is 1. The summed E-state index contributed by atoms with van der Waals surface area (Å²) in [7, 11) is 0. The SMILES string of the molecule is Nc1c(Br)cc(C(=O)CCC(=O)N2CCC(N3Cc4cnccc4NC3=O)CC2)cc1Br. The summed E-state index contributed by atoms with van der Waals surface area (Å²) in [4.78, 5) is 45.5. The summed E-state index contributed by atoms with van der Waals surface area (Å²) in [6, 6.07) is 5.11. The smallest absolute Gasteiger partial charge is 0.322 e. The first-order chi connectivity index (χ1) is 15.3. The molecule has 1 aromatic heterocycles. The van der Waals surface area contributed by atoms with Crippen molar-refractivity contribution >= 4 is 61.0 Å². The maximum Gasteiger partial charge on any atom is 0.322 e. The zero-order valence-electron chi connectivity index (χ0n) is 17.3. The van der Waals surface area contributed by atoms with E-state index in [1.807, 2.05) is 4.90 Å². The first-order valence-electron chi connectivity index (χ1n) is 10.4. The fourth-order valence-electron chi connectivity index (χ4n) is 4.11. The fourth-order valence-corrected chi connectivity index (χ4v) is 5.29. The molecule has 1 fully saturated rings. The molecular weight excluding hydrogens is 542 g/mol. The third kappa shape index (κ3) is 4.80. The average molecular weight is 565 g/mol. The van der Waals surface area contributed by atoms with E-state index in [-0.39, 0.29) is 36.6 Å². The number of hydrogen-bond acceptors (Lipinski definition) is 5. The van der Waals surface area contributed by atoms with Gasteiger partial charge >= 0.3 is 6.03 Å². The summed E-state index contributed by atoms with van der Waals surface area (Å²) >= 11 is 6.68. The molecule has 2 aromatic rings. The Labute approximate surface area is 202 Å². The normalized spacial score (nSPS) is 16.5. The van der Waals surface area contributed by atoms with Crippen LogP contribution in [-0.2, 0) is 11.3 Å². The number of nitrogens with two attached hydrogens (primary N) is 1. The molecule has 1 aromatic carbocycles. The standard InChI is InChI=1S/C22H23Br2N5O3/c23-16-9-13(10-17(24)21(16)25)19(30)1-2-20(31)28-7-4-15(5-8-28)29-12-14-11-26-6-3-18(14)27-22(29)32/h3,6,9-11,15H,1-2,4-5,7-8,12,25H2,(H,27,32). The van der Waals surface area contributed by atoms with Crippen molar-refractivity contribution in [2.24, 2.45) is 0 Å². The molecule has 3 heterocycles. The first-order valence-corrected chi connectivity index (χ1v) is 12.0. The predicted octanol–water partition coefficient (Wildman–Crippen LogP) is 4.19. The summed E-state index contributed by atoms with van der Waals surface area (Å²) in [6.45, 7) is 1.66. The van der Waals surface area contributed by atoms with Crippen molar-refractivity contribution in [3.8, 4) is 0 Å². The number of rotatable bonds is 5. The topological polar surface area (TPSA) is 109 Å². The highest BCUT2D eigenvalue weighted by Gasteiger charge is 2.32. The van der Waals surface area contributed by atoms with Gasteiger partial charge in [0.2, 0.25) is 5.91 Å². The van der Waals surface area contributed by atoms with Crippen molar-refractivity contribution in [3.05, 3.63) is 50.7 Å². The Kier molecular flexibility index (Phi) is 6.80. The average Bonchev–Trinajstić information content (AvgIpc) is 2.80. The number of fused-ring (bicyclic) bond motifs is 1. The molecule has 10 heteroatoms. The summed E-state index contributed by atoms with van der Waals surface area (Å²) < 4.78 is 1.28. The van der Waals surface area contributed by atoms with Crippen molar-refractivity contribution in [3.63, 3.8) is 0 Å². The van der Waals surface area contributed by atoms with Crippen LogP contribution in [0.1, 0.15) is 41.6 Å². The van der Waals surface area contributed by atoms with Gasteiger partial charge in [0, 0.05) is 64.4 Å². The van der Waals surface area contributed by atoms with Crippen molar-refractivity contribution in [1.82, 2.24) is 14.8 Å². The molecule has 3 N–H and O–H groups in total. The Hall–Kier alpha value is -2.46. The molecule has 0 unspecified atom stereocenters. The second-order valence-corrected chi connectivity index (χ2v) is 9.69. The van der Waals surface area contributed by atoms with E-state index in [9.17, 15) is 14.4 Å². The highest BCUT2D eigenvalue weighted by Crippen LogP contribution is 2.30. The Bertz CT molecular complexity index is 1050. The molecule has 2 aliphatic heterocycles. The molecule has 1 saturated heterocycles. The minimum Gasteiger partial charge on any atom is -0.397 e. The minimum absolute atomic E-state index is 0.0389. The highest BCUT2D eigenvalue weighted by molar-refractivity contribution is 9.11. The van der Waals surface area contributed by atoms with Crippen LogP contribution in [0.25, 0.3) is 0 Å². The Balaban J connectivity index is 1.28. The van der Waals surface area contributed by atoms with Crippen LogP contribution in [-0.4, -0.2) is 51.6 Å². The predicted molar refractivity (Wildman–Crippen MR) is 128 cm³/mol. The van der Waals surface area contributed by atoms with E-state index in [0.29, 0.717) is 52.7 Å². The Morgan fingerprint density at radius 2 is 1.84 bits per heavy atom. The van der Waals surface area contributed by atoms with E-state index in [0.717, 1.165) is 11.3 Å². The summed E-state index contributed by atoms with van der Waals surface area (Å²) in [6.07, 6.45) is 5.15. The summed E-state index contributed by atoms with van der Waals surface area (Å²) in [5, 5.41) is 2.92. The molecule has 3 amide bonds. The molecule has 0 radical (unpaired) electrons. The molecule has 0 aliphatic carbocycles. The van der Waals surface area contributed by atoms with Gasteiger partial charge in [0.05, 0.1) is 17.9 Å². The monoisotopic (exact) mass is 563 g/mol. The maximum absolute atomic E-state index is 12.7. The lowest BCUT2D eigenvalue weighted by Gasteiger charge is -2.40. The van der Waals surface area contributed by atoms with E-state index in [2.05, 4.69) is 42.2 Å². The molecule has 4 rings (SSSR count). The molecule has 0 atom stereocenters. The van der Waals surface area contributed by atoms with Crippen molar-refractivity contribution < 1.29 is 14.4 Å². The van der Waals surface area contributed by atoms with Gasteiger partial charge in [-0.1, -0.05) is 0 Å². The number of amides is 3. The van der Waals surface area contributed by atoms with Gasteiger partial charge in [0.15, 0.2) is 5.78 Å². The van der Waals surface area contributed by atoms with Crippen LogP contribution in [0, 0.1) is 0 Å². The molecule has 2 aliphatic rings. The number of carbonyl (C=O) groups excluding carboxylic acids is 3. The number of piperidine rings is 1. The van der Waals surface area contributed by atoms with Crippen LogP contribution >= 0.6 is 31.9 Å². The van der Waals surface area contributed by atoms with Crippen LogP contribution in [0.5, 0.6) is 0 Å². The van der Waals surface area contributed by atoms with Crippen molar-refractivity contribution in [2.75, 3.05) is 24.1 Å². The van der Waals surface area contributed by atoms with Gasteiger partial charge in [0.25, 0.3) is 0 Å². The van der Waals surface area contributed by atoms with E-state index < -0.39 is 0 Å². The molecule has 8 nitrogen and oxygen atoms in total. The number of nitrogens with one attached hydrogen (secondary N) is 1. The van der Waals surface area contributed by atoms with Gasteiger partial charge in [-0.3, -0.25) is 14.6 Å². The maximum atomic E-state index is 12.7. The third-order valence-corrected chi connectivity index (χ3v) is 7.28. The number of nitrogens with zero attached hydrogens (tertiary/aromatic N) is 3. The van der Waals surface area contributed by atoms with Gasteiger partial charge in [-0.25, -0.2) is 4.79 Å². The lowest BCUT2D eigenvalue weighted by atomic mass is 10.0. The number of likely N-dealkylation sites (tertiary alicyclic amines) is 1. The van der Waals surface area contributed by atoms with Gasteiger partial charge in [0.1, 0.15) is 0 Å². The zero-order valence-corrected chi connectivity index (χ0v) is 20.5. The number of anilines is 2. The molecule has 0 bridgehead atoms. The van der Waals surface area contributed by atoms with Crippen LogP contribution in [0.4, 0.5) is 16.2 Å². The minimum atomic E-state index is -0.111. The lowest BCUT2D eigenvalue weighted by molar-refractivity contribution is -0.132. The third-order valence-electron chi connectivity index (χ3n) is 5.97. The lowest BCUT2D eigenvalue weighted by Crippen LogP contribution is -2.51. The number of hydrogen-bond donors (Lipinski definition) is 2. The highest BCUT2D eigenvalue weighted by atomic mass is 79.9. The fraction of sp³-hybridized carbons (Fsp3) is 0.364. The van der Waals surface area contributed by atoms with Gasteiger partial charge in [-0.15, -0.1) is 0 Å². The second kappa shape index (κ2) is 9.58. The summed E-state index contributed by atoms with van der Waals surface area (Å²) in [5.74, 6) is -0.144. The molecular formula is C22H23Br2N5O3. The second-order valence-electron chi connectivity index (χ2n) is 7.98. The largest absolute Gasteiger partial charge is 0.397 e. The van der Waals surface area contributed by atoms with E-state index >= 15 is 0 Å². The summed E-state index contributed by atoms with van der Waals surface area (Å²) in [5.41, 5.74) is 8.71. The van der Waals surface area contributed by atoms with Crippen LogP contribution in [0.15, 0.2) is 39.5 Å². The van der Waals surface area contributed by atoms with Crippen LogP contribution < -0.4 is 11.1 Å². The number of halogens is 2. The Morgan fingerprint density at radius 1 is 1.16 bits per heavy atom. The van der Waals surface area contributed by atoms with Gasteiger partial charge in [-0.05, 0) is 62.9 Å². The van der Waals surface area contributed by atoms with Crippen LogP contribution in [0.2, 0.25) is 0 Å². The van der Waals surface area contributed by atoms with E-state index in [1.165, 1.54) is 0 Å². The number of benzene rings is 1. The Morgan fingerprint density at radius 3 is 2.53 bits per heavy atom. The molecule has 0 spiro atoms. The number of nitrogen functional groups attached to an aromatic ring is 1. The van der Waals surface area contributed by atoms with Crippen molar-refractivity contribution in [1.29, 1.82) is 0 Å². The quantitative estimate of drug-likeness (QED) is 0.418. The van der Waals surface area contributed by atoms with Gasteiger partial charge in [-0.2, -0.15) is 0 Å². The molecule has 32 heavy (non-hydrogen) atoms. The molecule has 0 saturated carbocycles. The van der Waals surface area contributed by atoms with E-state index in [1.54, 1.807) is 35.5 Å². The number of pyridine rings is 1. The van der Waals surface area contributed by atoms with E-state index in [4.69, 9.17) is 5.73 Å². The van der Waals surface area contributed by atoms with Crippen LogP contribution in [0.3, 0.4) is 0 Å². The number of carbonyl (C=O) groups is 3. The molecule has 168 valence electrons. The number of Topliss-reactive ketones (excluding diaryl/α,β-unsaturated/α-hetero) is 1. The first kappa shape index (κ1) is 22.7. The number of aromatic nitrogens is 1. The van der Waals surface area contributed by atoms with Gasteiger partial charge < -0.3 is 20.9 Å². The van der Waals surface area contributed by atoms with Crippen molar-refractivity contribution in [2.45, 2.75) is 38.3 Å². The zero-order chi connectivity index (χ0) is 22.8. The number of ketones is 1.